The predicted molar refractivity (Wildman–Crippen MR) is 129 cm³/mol. The van der Waals surface area contributed by atoms with Gasteiger partial charge in [0.1, 0.15) is 23.6 Å². The van der Waals surface area contributed by atoms with E-state index in [-0.39, 0.29) is 5.56 Å². The number of benzene rings is 3. The summed E-state index contributed by atoms with van der Waals surface area (Å²) < 4.78 is 15.2. The lowest BCUT2D eigenvalue weighted by Crippen LogP contribution is -2.53. The molecule has 0 aromatic heterocycles. The number of aliphatic carboxylic acids is 1. The minimum atomic E-state index is -1.84. The van der Waals surface area contributed by atoms with Gasteiger partial charge in [-0.2, -0.15) is 9.57 Å². The van der Waals surface area contributed by atoms with E-state index in [1.807, 2.05) is 36.4 Å². The quantitative estimate of drug-likeness (QED) is 0.431. The molecule has 0 amide bonds. The van der Waals surface area contributed by atoms with E-state index >= 15 is 0 Å². The van der Waals surface area contributed by atoms with Crippen LogP contribution in [0, 0.1) is 11.3 Å². The molecule has 1 saturated carbocycles. The summed E-state index contributed by atoms with van der Waals surface area (Å²) in [5, 5.41) is 20.2. The van der Waals surface area contributed by atoms with Crippen LogP contribution in [0.1, 0.15) is 30.4 Å². The number of hydrogen-bond acceptors (Lipinski definition) is 3. The van der Waals surface area contributed by atoms with Gasteiger partial charge in [-0.3, -0.25) is 4.79 Å². The average Bonchev–Trinajstić information content (AvgIpc) is 2.76. The van der Waals surface area contributed by atoms with Crippen LogP contribution < -0.4 is 0 Å². The van der Waals surface area contributed by atoms with Gasteiger partial charge in [0.25, 0.3) is 0 Å². The molecule has 1 atom stereocenters. The number of nitriles is 1. The second kappa shape index (κ2) is 9.66. The van der Waals surface area contributed by atoms with E-state index in [4.69, 9.17) is 23.2 Å². The first kappa shape index (κ1) is 23.5. The minimum Gasteiger partial charge on any atom is -0.480 e. The monoisotopic (exact) mass is 498 g/mol. The Kier molecular flexibility index (Phi) is 6.87. The van der Waals surface area contributed by atoms with Crippen molar-refractivity contribution in [3.8, 4) is 17.2 Å². The van der Waals surface area contributed by atoms with Gasteiger partial charge >= 0.3 is 5.97 Å². The zero-order chi connectivity index (χ0) is 23.6. The molecule has 1 aliphatic carbocycles. The number of rotatable bonds is 7. The molecular weight excluding hydrogens is 479 g/mol. The Morgan fingerprint density at radius 3 is 2.33 bits per heavy atom. The fraction of sp³-hybridized carbons (Fsp3) is 0.200. The van der Waals surface area contributed by atoms with Gasteiger partial charge in [0.05, 0.1) is 16.0 Å². The van der Waals surface area contributed by atoms with Gasteiger partial charge in [-0.15, -0.1) is 0 Å². The van der Waals surface area contributed by atoms with Crippen molar-refractivity contribution in [2.45, 2.75) is 29.7 Å². The highest BCUT2D eigenvalue weighted by Gasteiger charge is 2.48. The van der Waals surface area contributed by atoms with Crippen molar-refractivity contribution in [3.05, 3.63) is 87.9 Å². The maximum absolute atomic E-state index is 13.7. The first-order valence-electron chi connectivity index (χ1n) is 10.3. The van der Waals surface area contributed by atoms with Gasteiger partial charge < -0.3 is 5.11 Å². The van der Waals surface area contributed by atoms with Crippen molar-refractivity contribution in [3.63, 3.8) is 0 Å². The van der Waals surface area contributed by atoms with Crippen molar-refractivity contribution in [1.29, 1.82) is 5.26 Å². The molecule has 0 bridgehead atoms. The van der Waals surface area contributed by atoms with Crippen molar-refractivity contribution in [1.82, 2.24) is 4.31 Å². The highest BCUT2D eigenvalue weighted by molar-refractivity contribution is 7.82. The molecule has 0 heterocycles. The van der Waals surface area contributed by atoms with Crippen LogP contribution in [0.5, 0.6) is 0 Å². The topological polar surface area (TPSA) is 81.4 Å². The molecule has 168 valence electrons. The van der Waals surface area contributed by atoms with Crippen LogP contribution >= 0.6 is 23.2 Å². The molecule has 5 nitrogen and oxygen atoms in total. The van der Waals surface area contributed by atoms with E-state index in [0.29, 0.717) is 27.8 Å². The molecule has 1 aliphatic rings. The smallest absolute Gasteiger partial charge is 0.318 e. The average molecular weight is 499 g/mol. The minimum absolute atomic E-state index is 0.267. The highest BCUT2D eigenvalue weighted by Crippen LogP contribution is 2.49. The fourth-order valence-corrected chi connectivity index (χ4v) is 6.32. The van der Waals surface area contributed by atoms with Crippen LogP contribution in [0.2, 0.25) is 10.0 Å². The summed E-state index contributed by atoms with van der Waals surface area (Å²) in [5.41, 5.74) is 2.12. The SMILES string of the molecule is N#Cc1ccccc1S(=O)N(CC(=O)O)C1(c2cccc(-c3cc(Cl)cc(Cl)c3)c2)CCC1. The van der Waals surface area contributed by atoms with Gasteiger partial charge in [0.15, 0.2) is 0 Å². The van der Waals surface area contributed by atoms with Crippen LogP contribution in [-0.2, 0) is 21.3 Å². The third-order valence-electron chi connectivity index (χ3n) is 5.93. The summed E-state index contributed by atoms with van der Waals surface area (Å²) in [6.45, 7) is -0.417. The van der Waals surface area contributed by atoms with Gasteiger partial charge in [-0.25, -0.2) is 4.21 Å². The fourth-order valence-electron chi connectivity index (χ4n) is 4.22. The molecule has 33 heavy (non-hydrogen) atoms. The summed E-state index contributed by atoms with van der Waals surface area (Å²) in [4.78, 5) is 12.1. The van der Waals surface area contributed by atoms with Crippen molar-refractivity contribution in [2.75, 3.05) is 6.54 Å². The number of nitrogens with zero attached hydrogens (tertiary/aromatic N) is 2. The van der Waals surface area contributed by atoms with Crippen molar-refractivity contribution < 1.29 is 14.1 Å². The molecule has 1 N–H and O–H groups in total. The van der Waals surface area contributed by atoms with E-state index in [9.17, 15) is 19.4 Å². The maximum atomic E-state index is 13.7. The third kappa shape index (κ3) is 4.68. The molecule has 0 saturated heterocycles. The first-order chi connectivity index (χ1) is 15.8. The van der Waals surface area contributed by atoms with Crippen LogP contribution in [0.3, 0.4) is 0 Å². The molecule has 3 aromatic rings. The van der Waals surface area contributed by atoms with E-state index < -0.39 is 29.0 Å². The van der Waals surface area contributed by atoms with Gasteiger partial charge in [-0.1, -0.05) is 53.5 Å². The predicted octanol–water partition coefficient (Wildman–Crippen LogP) is 6.02. The maximum Gasteiger partial charge on any atom is 0.318 e. The Balaban J connectivity index is 1.81. The molecule has 1 unspecified atom stereocenters. The van der Waals surface area contributed by atoms with E-state index in [2.05, 4.69) is 6.07 Å². The number of carboxylic acid groups (broad SMARTS) is 1. The summed E-state index contributed by atoms with van der Waals surface area (Å²) in [7, 11) is -1.84. The lowest BCUT2D eigenvalue weighted by molar-refractivity contribution is -0.138. The Hall–Kier alpha value is -2.69. The Morgan fingerprint density at radius 1 is 1.03 bits per heavy atom. The Labute approximate surface area is 204 Å². The second-order valence-corrected chi connectivity index (χ2v) is 10.2. The van der Waals surface area contributed by atoms with E-state index in [1.165, 1.54) is 4.31 Å². The molecular formula is C25H20Cl2N2O3S. The number of halogens is 2. The van der Waals surface area contributed by atoms with Crippen molar-refractivity contribution in [2.24, 2.45) is 0 Å². The molecule has 8 heteroatoms. The molecule has 1 fully saturated rings. The van der Waals surface area contributed by atoms with Gasteiger partial charge in [-0.05, 0) is 72.4 Å². The number of carboxylic acids is 1. The summed E-state index contributed by atoms with van der Waals surface area (Å²) in [5.74, 6) is -1.08. The summed E-state index contributed by atoms with van der Waals surface area (Å²) in [6.07, 6.45) is 2.18. The third-order valence-corrected chi connectivity index (χ3v) is 7.98. The second-order valence-electron chi connectivity index (χ2n) is 7.91. The van der Waals surface area contributed by atoms with Crippen LogP contribution in [-0.4, -0.2) is 26.1 Å². The largest absolute Gasteiger partial charge is 0.480 e. The molecule has 4 rings (SSSR count). The summed E-state index contributed by atoms with van der Waals surface area (Å²) >= 11 is 12.4. The zero-order valence-corrected chi connectivity index (χ0v) is 19.8. The van der Waals surface area contributed by atoms with E-state index in [1.54, 1.807) is 30.3 Å². The van der Waals surface area contributed by atoms with Gasteiger partial charge in [0.2, 0.25) is 0 Å². The molecule has 3 aromatic carbocycles. The van der Waals surface area contributed by atoms with Crippen molar-refractivity contribution >= 4 is 40.2 Å². The van der Waals surface area contributed by atoms with E-state index in [0.717, 1.165) is 23.1 Å². The lowest BCUT2D eigenvalue weighted by Gasteiger charge is -2.49. The van der Waals surface area contributed by atoms with Crippen LogP contribution in [0.15, 0.2) is 71.6 Å². The molecule has 0 aliphatic heterocycles. The lowest BCUT2D eigenvalue weighted by atomic mass is 9.71. The van der Waals surface area contributed by atoms with Crippen LogP contribution in [0.4, 0.5) is 0 Å². The standard InChI is InChI=1S/C25H20Cl2N2O3S/c26-21-12-19(13-22(27)14-21)17-6-3-7-20(11-17)25(9-4-10-25)29(16-24(30)31)33(32)23-8-2-1-5-18(23)15-28/h1-3,5-8,11-14H,4,9-10,16H2,(H,30,31). The van der Waals surface area contributed by atoms with Gasteiger partial charge in [0, 0.05) is 10.0 Å². The zero-order valence-electron chi connectivity index (χ0n) is 17.5. The normalized spacial score (nSPS) is 15.5. The highest BCUT2D eigenvalue weighted by atomic mass is 35.5. The molecule has 0 spiro atoms. The number of carbonyl (C=O) groups is 1. The van der Waals surface area contributed by atoms with Crippen LogP contribution in [0.25, 0.3) is 11.1 Å². The number of hydrogen-bond donors (Lipinski definition) is 1. The Bertz CT molecular complexity index is 1260. The summed E-state index contributed by atoms with van der Waals surface area (Å²) in [6, 6.07) is 21.7. The first-order valence-corrected chi connectivity index (χ1v) is 12.2. The Morgan fingerprint density at radius 2 is 1.73 bits per heavy atom. The molecule has 0 radical (unpaired) electrons.